The van der Waals surface area contributed by atoms with Gasteiger partial charge >= 0.3 is 6.18 Å². The number of hydrogen-bond donors (Lipinski definition) is 2. The van der Waals surface area contributed by atoms with Crippen molar-refractivity contribution in [1.82, 2.24) is 10.2 Å². The van der Waals surface area contributed by atoms with Gasteiger partial charge in [0.05, 0.1) is 5.56 Å². The van der Waals surface area contributed by atoms with Crippen LogP contribution in [0.4, 0.5) is 24.5 Å². The second kappa shape index (κ2) is 14.0. The summed E-state index contributed by atoms with van der Waals surface area (Å²) in [6, 6.07) is 28.4. The van der Waals surface area contributed by atoms with Gasteiger partial charge in [-0.1, -0.05) is 60.7 Å². The Hall–Kier alpha value is -4.63. The van der Waals surface area contributed by atoms with Crippen molar-refractivity contribution in [1.29, 1.82) is 0 Å². The predicted octanol–water partition coefficient (Wildman–Crippen LogP) is 6.87. The lowest BCUT2D eigenvalue weighted by atomic mass is 9.98. The topological polar surface area (TPSA) is 64.7 Å². The molecular formula is C34H35F3N4O2. The fraction of sp³-hybridized carbons (Fsp3) is 0.235. The van der Waals surface area contributed by atoms with Gasteiger partial charge in [-0.3, -0.25) is 14.5 Å². The van der Waals surface area contributed by atoms with Crippen molar-refractivity contribution in [2.75, 3.05) is 44.4 Å². The summed E-state index contributed by atoms with van der Waals surface area (Å²) >= 11 is 0. The summed E-state index contributed by atoms with van der Waals surface area (Å²) in [4.78, 5) is 29.9. The van der Waals surface area contributed by atoms with E-state index in [1.807, 2.05) is 73.6 Å². The van der Waals surface area contributed by atoms with Crippen LogP contribution in [-0.4, -0.2) is 50.9 Å². The number of alkyl halides is 3. The lowest BCUT2D eigenvalue weighted by Crippen LogP contribution is -2.38. The first-order chi connectivity index (χ1) is 20.6. The molecule has 0 bridgehead atoms. The van der Waals surface area contributed by atoms with E-state index in [-0.39, 0.29) is 17.9 Å². The number of nitrogens with zero attached hydrogens (tertiary/aromatic N) is 2. The second-order valence-corrected chi connectivity index (χ2v) is 10.3. The lowest BCUT2D eigenvalue weighted by Gasteiger charge is -2.28. The molecule has 4 rings (SSSR count). The SMILES string of the molecule is CNC(=O)C(c1ccccc1)N(C)CCCN(C)c1ccc(NC(=O)c2ccccc2-c2ccc(C(F)(F)F)cc2)cc1. The zero-order valence-corrected chi connectivity index (χ0v) is 24.4. The molecule has 2 amide bonds. The monoisotopic (exact) mass is 588 g/mol. The van der Waals surface area contributed by atoms with Gasteiger partial charge in [-0.2, -0.15) is 13.2 Å². The second-order valence-electron chi connectivity index (χ2n) is 10.3. The van der Waals surface area contributed by atoms with Gasteiger partial charge in [-0.15, -0.1) is 0 Å². The van der Waals surface area contributed by atoms with Crippen LogP contribution < -0.4 is 15.5 Å². The van der Waals surface area contributed by atoms with Crippen LogP contribution in [0.5, 0.6) is 0 Å². The largest absolute Gasteiger partial charge is 0.416 e. The van der Waals surface area contributed by atoms with E-state index in [1.54, 1.807) is 31.3 Å². The molecule has 0 radical (unpaired) electrons. The highest BCUT2D eigenvalue weighted by Gasteiger charge is 2.30. The van der Waals surface area contributed by atoms with Crippen molar-refractivity contribution in [3.05, 3.63) is 120 Å². The molecule has 1 unspecified atom stereocenters. The van der Waals surface area contributed by atoms with Gasteiger partial charge in [-0.05, 0) is 72.6 Å². The molecule has 224 valence electrons. The van der Waals surface area contributed by atoms with Crippen LogP contribution in [-0.2, 0) is 11.0 Å². The Balaban J connectivity index is 1.35. The zero-order chi connectivity index (χ0) is 31.0. The molecule has 0 fully saturated rings. The minimum absolute atomic E-state index is 0.0540. The van der Waals surface area contributed by atoms with E-state index in [2.05, 4.69) is 15.5 Å². The van der Waals surface area contributed by atoms with Gasteiger partial charge in [0.15, 0.2) is 0 Å². The van der Waals surface area contributed by atoms with E-state index >= 15 is 0 Å². The summed E-state index contributed by atoms with van der Waals surface area (Å²) < 4.78 is 39.0. The Labute approximate surface area is 250 Å². The van der Waals surface area contributed by atoms with Crippen LogP contribution >= 0.6 is 0 Å². The predicted molar refractivity (Wildman–Crippen MR) is 165 cm³/mol. The fourth-order valence-corrected chi connectivity index (χ4v) is 4.96. The molecule has 0 saturated heterocycles. The van der Waals surface area contributed by atoms with E-state index in [4.69, 9.17) is 0 Å². The van der Waals surface area contributed by atoms with Crippen molar-refractivity contribution >= 4 is 23.2 Å². The average Bonchev–Trinajstić information content (AvgIpc) is 3.01. The maximum absolute atomic E-state index is 13.2. The number of anilines is 2. The van der Waals surface area contributed by atoms with E-state index in [0.29, 0.717) is 28.9 Å². The van der Waals surface area contributed by atoms with Crippen LogP contribution in [0.2, 0.25) is 0 Å². The molecule has 0 aromatic heterocycles. The van der Waals surface area contributed by atoms with E-state index < -0.39 is 11.7 Å². The number of nitrogens with one attached hydrogen (secondary N) is 2. The number of likely N-dealkylation sites (N-methyl/N-ethyl adjacent to an activating group) is 2. The summed E-state index contributed by atoms with van der Waals surface area (Å²) in [5, 5.41) is 5.65. The quantitative estimate of drug-likeness (QED) is 0.201. The Morgan fingerprint density at radius 3 is 2.05 bits per heavy atom. The molecule has 4 aromatic rings. The molecule has 43 heavy (non-hydrogen) atoms. The number of amides is 2. The molecule has 4 aromatic carbocycles. The maximum Gasteiger partial charge on any atom is 0.416 e. The molecule has 0 heterocycles. The molecule has 2 N–H and O–H groups in total. The number of carbonyl (C=O) groups is 2. The maximum atomic E-state index is 13.2. The zero-order valence-electron chi connectivity index (χ0n) is 24.4. The van der Waals surface area contributed by atoms with E-state index in [1.165, 1.54) is 12.1 Å². The van der Waals surface area contributed by atoms with Crippen LogP contribution in [0.3, 0.4) is 0 Å². The Morgan fingerprint density at radius 2 is 1.42 bits per heavy atom. The Bertz CT molecular complexity index is 1510. The Morgan fingerprint density at radius 1 is 0.791 bits per heavy atom. The molecule has 1 atom stereocenters. The molecule has 0 saturated carbocycles. The summed E-state index contributed by atoms with van der Waals surface area (Å²) in [6.07, 6.45) is -3.60. The summed E-state index contributed by atoms with van der Waals surface area (Å²) in [5.41, 5.74) is 3.19. The molecule has 9 heteroatoms. The summed E-state index contributed by atoms with van der Waals surface area (Å²) in [5.74, 6) is -0.412. The fourth-order valence-electron chi connectivity index (χ4n) is 4.96. The Kier molecular flexibility index (Phi) is 10.2. The summed E-state index contributed by atoms with van der Waals surface area (Å²) in [6.45, 7) is 1.47. The van der Waals surface area contributed by atoms with Crippen molar-refractivity contribution in [2.24, 2.45) is 0 Å². The molecule has 0 aliphatic heterocycles. The van der Waals surface area contributed by atoms with E-state index in [9.17, 15) is 22.8 Å². The lowest BCUT2D eigenvalue weighted by molar-refractivity contribution is -0.137. The highest BCUT2D eigenvalue weighted by Crippen LogP contribution is 2.32. The number of carbonyl (C=O) groups excluding carboxylic acids is 2. The molecular weight excluding hydrogens is 553 g/mol. The number of rotatable bonds is 11. The smallest absolute Gasteiger partial charge is 0.375 e. The van der Waals surface area contributed by atoms with Crippen LogP contribution in [0.1, 0.15) is 33.9 Å². The molecule has 0 aliphatic carbocycles. The van der Waals surface area contributed by atoms with Gasteiger partial charge in [0.1, 0.15) is 6.04 Å². The van der Waals surface area contributed by atoms with Gasteiger partial charge in [-0.25, -0.2) is 0 Å². The normalized spacial score (nSPS) is 12.1. The number of hydrogen-bond acceptors (Lipinski definition) is 4. The average molecular weight is 589 g/mol. The van der Waals surface area contributed by atoms with Crippen LogP contribution in [0.15, 0.2) is 103 Å². The van der Waals surface area contributed by atoms with Gasteiger partial charge in [0.25, 0.3) is 5.91 Å². The molecule has 0 aliphatic rings. The number of benzene rings is 4. The third-order valence-electron chi connectivity index (χ3n) is 7.32. The third-order valence-corrected chi connectivity index (χ3v) is 7.32. The van der Waals surface area contributed by atoms with Gasteiger partial charge in [0, 0.05) is 44.1 Å². The van der Waals surface area contributed by atoms with Crippen LogP contribution in [0.25, 0.3) is 11.1 Å². The minimum Gasteiger partial charge on any atom is -0.375 e. The molecule has 0 spiro atoms. The summed E-state index contributed by atoms with van der Waals surface area (Å²) in [7, 11) is 5.57. The van der Waals surface area contributed by atoms with Crippen molar-refractivity contribution in [3.8, 4) is 11.1 Å². The van der Waals surface area contributed by atoms with Crippen molar-refractivity contribution in [2.45, 2.75) is 18.6 Å². The van der Waals surface area contributed by atoms with Crippen molar-refractivity contribution in [3.63, 3.8) is 0 Å². The highest BCUT2D eigenvalue weighted by atomic mass is 19.4. The van der Waals surface area contributed by atoms with Gasteiger partial charge < -0.3 is 15.5 Å². The first-order valence-electron chi connectivity index (χ1n) is 13.9. The first-order valence-corrected chi connectivity index (χ1v) is 13.9. The third kappa shape index (κ3) is 8.02. The van der Waals surface area contributed by atoms with E-state index in [0.717, 1.165) is 36.3 Å². The van der Waals surface area contributed by atoms with Crippen molar-refractivity contribution < 1.29 is 22.8 Å². The minimum atomic E-state index is -4.43. The highest BCUT2D eigenvalue weighted by molar-refractivity contribution is 6.08. The first kappa shape index (κ1) is 31.3. The standard InChI is InChI=1S/C34H35F3N4O2/c1-38-33(43)31(25-10-5-4-6-11-25)41(3)23-9-22-40(2)28-20-18-27(19-21-28)39-32(42)30-13-8-7-12-29(30)24-14-16-26(17-15-24)34(35,36)37/h4-8,10-21,31H,9,22-23H2,1-3H3,(H,38,43)(H,39,42). The van der Waals surface area contributed by atoms with Gasteiger partial charge in [0.2, 0.25) is 5.91 Å². The molecule has 6 nitrogen and oxygen atoms in total. The van der Waals surface area contributed by atoms with Crippen LogP contribution in [0, 0.1) is 0 Å². The number of halogens is 3.